The Kier molecular flexibility index (Phi) is 8.25. The number of benzene rings is 2. The highest BCUT2D eigenvalue weighted by Gasteiger charge is 2.23. The summed E-state index contributed by atoms with van der Waals surface area (Å²) in [6.45, 7) is 3.79. The third-order valence-electron chi connectivity index (χ3n) is 4.82. The summed E-state index contributed by atoms with van der Waals surface area (Å²) in [5, 5.41) is 2.93. The van der Waals surface area contributed by atoms with Gasteiger partial charge in [0.15, 0.2) is 11.5 Å². The summed E-state index contributed by atoms with van der Waals surface area (Å²) in [5.74, 6) is 0.804. The number of aryl methyl sites for hydroxylation is 1. The van der Waals surface area contributed by atoms with Gasteiger partial charge in [-0.2, -0.15) is 4.31 Å². The van der Waals surface area contributed by atoms with Crippen molar-refractivity contribution >= 4 is 15.9 Å². The third kappa shape index (κ3) is 6.47. The molecule has 1 amide bonds. The molecule has 0 fully saturated rings. The van der Waals surface area contributed by atoms with Crippen LogP contribution in [0.15, 0.2) is 42.5 Å². The monoisotopic (exact) mass is 434 g/mol. The molecule has 0 radical (unpaired) electrons. The number of rotatable bonds is 10. The Hall–Kier alpha value is -2.58. The summed E-state index contributed by atoms with van der Waals surface area (Å²) >= 11 is 0. The summed E-state index contributed by atoms with van der Waals surface area (Å²) in [6, 6.07) is 12.7. The third-order valence-corrected chi connectivity index (χ3v) is 6.02. The van der Waals surface area contributed by atoms with E-state index in [0.29, 0.717) is 17.9 Å². The van der Waals surface area contributed by atoms with Gasteiger partial charge in [-0.15, -0.1) is 0 Å². The second kappa shape index (κ2) is 10.4. The van der Waals surface area contributed by atoms with Gasteiger partial charge in [-0.1, -0.05) is 42.8 Å². The van der Waals surface area contributed by atoms with Gasteiger partial charge in [0.05, 0.1) is 33.1 Å². The van der Waals surface area contributed by atoms with Crippen LogP contribution in [-0.2, 0) is 21.4 Å². The average Bonchev–Trinajstić information content (AvgIpc) is 2.71. The van der Waals surface area contributed by atoms with Gasteiger partial charge in [-0.3, -0.25) is 4.79 Å². The molecule has 2 aromatic carbocycles. The number of hydrogen-bond acceptors (Lipinski definition) is 5. The largest absolute Gasteiger partial charge is 0.493 e. The zero-order chi connectivity index (χ0) is 22.3. The molecule has 2 aromatic rings. The molecule has 0 aliphatic rings. The minimum Gasteiger partial charge on any atom is -0.493 e. The Morgan fingerprint density at radius 2 is 1.70 bits per heavy atom. The van der Waals surface area contributed by atoms with Crippen LogP contribution >= 0.6 is 0 Å². The van der Waals surface area contributed by atoms with Crippen molar-refractivity contribution in [2.45, 2.75) is 32.9 Å². The standard InChI is InChI=1S/C22H30N2O5S/c1-6-19(18-11-12-20(28-3)21(13-18)29-4)23-22(25)15-24(30(5,26)27)14-17-9-7-16(2)8-10-17/h7-13,19H,6,14-15H2,1-5H3,(H,23,25)/t19-/m0/s1. The Morgan fingerprint density at radius 1 is 1.07 bits per heavy atom. The minimum atomic E-state index is -3.56. The SMILES string of the molecule is CC[C@H](NC(=O)CN(Cc1ccc(C)cc1)S(C)(=O)=O)c1ccc(OC)c(OC)c1. The van der Waals surface area contributed by atoms with Crippen molar-refractivity contribution in [2.24, 2.45) is 0 Å². The second-order valence-electron chi connectivity index (χ2n) is 7.16. The molecular weight excluding hydrogens is 404 g/mol. The van der Waals surface area contributed by atoms with Gasteiger partial charge in [0.2, 0.25) is 15.9 Å². The highest BCUT2D eigenvalue weighted by atomic mass is 32.2. The lowest BCUT2D eigenvalue weighted by molar-refractivity contribution is -0.122. The van der Waals surface area contributed by atoms with Gasteiger partial charge < -0.3 is 14.8 Å². The average molecular weight is 435 g/mol. The molecule has 1 atom stereocenters. The quantitative estimate of drug-likeness (QED) is 0.621. The molecule has 0 aliphatic carbocycles. The fraction of sp³-hybridized carbons (Fsp3) is 0.409. The van der Waals surface area contributed by atoms with E-state index >= 15 is 0 Å². The molecule has 0 aromatic heterocycles. The van der Waals surface area contributed by atoms with Crippen molar-refractivity contribution in [1.29, 1.82) is 0 Å². The summed E-state index contributed by atoms with van der Waals surface area (Å²) in [5.41, 5.74) is 2.77. The summed E-state index contributed by atoms with van der Waals surface area (Å²) in [6.07, 6.45) is 1.75. The van der Waals surface area contributed by atoms with E-state index in [0.717, 1.165) is 22.9 Å². The zero-order valence-electron chi connectivity index (χ0n) is 18.1. The van der Waals surface area contributed by atoms with Crippen LogP contribution in [0.4, 0.5) is 0 Å². The first-order valence-corrected chi connectivity index (χ1v) is 11.5. The number of ether oxygens (including phenoxy) is 2. The Balaban J connectivity index is 2.13. The van der Waals surface area contributed by atoms with Crippen molar-refractivity contribution < 1.29 is 22.7 Å². The van der Waals surface area contributed by atoms with E-state index < -0.39 is 10.0 Å². The van der Waals surface area contributed by atoms with E-state index in [9.17, 15) is 13.2 Å². The van der Waals surface area contributed by atoms with Crippen molar-refractivity contribution in [1.82, 2.24) is 9.62 Å². The van der Waals surface area contributed by atoms with Crippen LogP contribution < -0.4 is 14.8 Å². The van der Waals surface area contributed by atoms with Crippen molar-refractivity contribution in [2.75, 3.05) is 27.0 Å². The fourth-order valence-electron chi connectivity index (χ4n) is 3.08. The first-order valence-electron chi connectivity index (χ1n) is 9.69. The highest BCUT2D eigenvalue weighted by molar-refractivity contribution is 7.88. The normalized spacial score (nSPS) is 12.5. The van der Waals surface area contributed by atoms with Gasteiger partial charge in [-0.05, 0) is 36.6 Å². The predicted octanol–water partition coefficient (Wildman–Crippen LogP) is 3.04. The van der Waals surface area contributed by atoms with Crippen molar-refractivity contribution in [3.8, 4) is 11.5 Å². The van der Waals surface area contributed by atoms with Crippen LogP contribution in [-0.4, -0.2) is 45.7 Å². The van der Waals surface area contributed by atoms with Crippen LogP contribution in [0.1, 0.15) is 36.1 Å². The van der Waals surface area contributed by atoms with Crippen LogP contribution in [0.5, 0.6) is 11.5 Å². The Labute approximate surface area is 179 Å². The molecular formula is C22H30N2O5S. The van der Waals surface area contributed by atoms with Crippen molar-refractivity contribution in [3.63, 3.8) is 0 Å². The van der Waals surface area contributed by atoms with Gasteiger partial charge in [0, 0.05) is 6.54 Å². The summed E-state index contributed by atoms with van der Waals surface area (Å²) in [7, 11) is -0.447. The Morgan fingerprint density at radius 3 is 2.23 bits per heavy atom. The van der Waals surface area contributed by atoms with Gasteiger partial charge >= 0.3 is 0 Å². The first kappa shape index (κ1) is 23.7. The number of hydrogen-bond donors (Lipinski definition) is 1. The minimum absolute atomic E-state index is 0.139. The van der Waals surface area contributed by atoms with Crippen LogP contribution in [0.25, 0.3) is 0 Å². The van der Waals surface area contributed by atoms with Gasteiger partial charge in [0.25, 0.3) is 0 Å². The highest BCUT2D eigenvalue weighted by Crippen LogP contribution is 2.30. The molecule has 0 bridgehead atoms. The molecule has 0 heterocycles. The summed E-state index contributed by atoms with van der Waals surface area (Å²) < 4.78 is 36.2. The van der Waals surface area contributed by atoms with Gasteiger partial charge in [0.1, 0.15) is 0 Å². The molecule has 8 heteroatoms. The maximum Gasteiger partial charge on any atom is 0.235 e. The molecule has 1 N–H and O–H groups in total. The number of carbonyl (C=O) groups is 1. The number of sulfonamides is 1. The molecule has 30 heavy (non-hydrogen) atoms. The number of methoxy groups -OCH3 is 2. The van der Waals surface area contributed by atoms with E-state index in [1.165, 1.54) is 4.31 Å². The van der Waals surface area contributed by atoms with E-state index in [1.54, 1.807) is 20.3 Å². The predicted molar refractivity (Wildman–Crippen MR) is 117 cm³/mol. The number of amides is 1. The van der Waals surface area contributed by atoms with Crippen LogP contribution in [0.3, 0.4) is 0 Å². The number of carbonyl (C=O) groups excluding carboxylic acids is 1. The second-order valence-corrected chi connectivity index (χ2v) is 9.14. The maximum absolute atomic E-state index is 12.7. The van der Waals surface area contributed by atoms with E-state index in [-0.39, 0.29) is 25.0 Å². The van der Waals surface area contributed by atoms with E-state index in [4.69, 9.17) is 9.47 Å². The van der Waals surface area contributed by atoms with E-state index in [1.807, 2.05) is 50.2 Å². The zero-order valence-corrected chi connectivity index (χ0v) is 19.0. The molecule has 164 valence electrons. The summed E-state index contributed by atoms with van der Waals surface area (Å²) in [4.78, 5) is 12.7. The molecule has 2 rings (SSSR count). The Bertz CT molecular complexity index is 958. The number of nitrogens with zero attached hydrogens (tertiary/aromatic N) is 1. The first-order chi connectivity index (χ1) is 14.2. The van der Waals surface area contributed by atoms with E-state index in [2.05, 4.69) is 5.32 Å². The fourth-order valence-corrected chi connectivity index (χ4v) is 3.81. The van der Waals surface area contributed by atoms with Gasteiger partial charge in [-0.25, -0.2) is 8.42 Å². The molecule has 0 saturated carbocycles. The van der Waals surface area contributed by atoms with Crippen LogP contribution in [0.2, 0.25) is 0 Å². The maximum atomic E-state index is 12.7. The lowest BCUT2D eigenvalue weighted by atomic mass is 10.0. The van der Waals surface area contributed by atoms with Crippen molar-refractivity contribution in [3.05, 3.63) is 59.2 Å². The van der Waals surface area contributed by atoms with Crippen LogP contribution in [0, 0.1) is 6.92 Å². The number of nitrogens with one attached hydrogen (secondary N) is 1. The molecule has 0 saturated heterocycles. The molecule has 0 spiro atoms. The lowest BCUT2D eigenvalue weighted by Gasteiger charge is -2.23. The molecule has 7 nitrogen and oxygen atoms in total. The molecule has 0 aliphatic heterocycles. The topological polar surface area (TPSA) is 84.9 Å². The smallest absolute Gasteiger partial charge is 0.235 e. The lowest BCUT2D eigenvalue weighted by Crippen LogP contribution is -2.41. The molecule has 0 unspecified atom stereocenters.